The highest BCUT2D eigenvalue weighted by Gasteiger charge is 2.31. The normalized spacial score (nSPS) is 21.0. The topological polar surface area (TPSA) is 60.5 Å². The van der Waals surface area contributed by atoms with Gasteiger partial charge in [0.1, 0.15) is 0 Å². The average molecular weight is 357 g/mol. The van der Waals surface area contributed by atoms with Crippen molar-refractivity contribution < 1.29 is 13.9 Å². The van der Waals surface area contributed by atoms with E-state index in [0.717, 1.165) is 30.8 Å². The number of carbonyl (C=O) groups is 1. The second-order valence-electron chi connectivity index (χ2n) is 7.54. The Morgan fingerprint density at radius 3 is 2.88 bits per heavy atom. The molecule has 2 aliphatic rings. The minimum absolute atomic E-state index is 0.0371. The number of hydrogen-bond acceptors (Lipinski definition) is 4. The number of fused-ring (bicyclic) bond motifs is 1. The number of ether oxygens (including phenoxy) is 1. The molecule has 4 rings (SSSR count). The van der Waals surface area contributed by atoms with E-state index in [4.69, 9.17) is 9.15 Å². The Hall–Kier alpha value is -2.08. The summed E-state index contributed by atoms with van der Waals surface area (Å²) in [4.78, 5) is 15.0. The Labute approximate surface area is 154 Å². The molecule has 2 aromatic heterocycles. The highest BCUT2D eigenvalue weighted by atomic mass is 16.5. The van der Waals surface area contributed by atoms with Gasteiger partial charge in [-0.05, 0) is 44.2 Å². The lowest BCUT2D eigenvalue weighted by Crippen LogP contribution is -2.42. The van der Waals surface area contributed by atoms with E-state index < -0.39 is 0 Å². The third kappa shape index (κ3) is 3.56. The second kappa shape index (κ2) is 7.66. The number of hydrogen-bond donors (Lipinski definition) is 0. The number of furan rings is 1. The Bertz CT molecular complexity index is 745. The maximum absolute atomic E-state index is 13.1. The molecule has 0 aromatic carbocycles. The van der Waals surface area contributed by atoms with Crippen molar-refractivity contribution in [2.24, 2.45) is 5.92 Å². The summed E-state index contributed by atoms with van der Waals surface area (Å²) in [6.45, 7) is 4.64. The third-order valence-corrected chi connectivity index (χ3v) is 5.71. The molecule has 26 heavy (non-hydrogen) atoms. The Morgan fingerprint density at radius 2 is 2.12 bits per heavy atom. The monoisotopic (exact) mass is 357 g/mol. The lowest BCUT2D eigenvalue weighted by molar-refractivity contribution is 0.0288. The molecular weight excluding hydrogens is 330 g/mol. The quantitative estimate of drug-likeness (QED) is 0.823. The fourth-order valence-electron chi connectivity index (χ4n) is 4.11. The summed E-state index contributed by atoms with van der Waals surface area (Å²) < 4.78 is 13.5. The lowest BCUT2D eigenvalue weighted by atomic mass is 10.1. The highest BCUT2D eigenvalue weighted by Crippen LogP contribution is 2.26. The maximum Gasteiger partial charge on any atom is 0.290 e. The van der Waals surface area contributed by atoms with E-state index in [2.05, 4.69) is 5.10 Å². The van der Waals surface area contributed by atoms with Gasteiger partial charge in [-0.15, -0.1) is 0 Å². The molecule has 6 nitrogen and oxygen atoms in total. The zero-order chi connectivity index (χ0) is 17.9. The van der Waals surface area contributed by atoms with Gasteiger partial charge in [-0.3, -0.25) is 9.48 Å². The van der Waals surface area contributed by atoms with Crippen LogP contribution < -0.4 is 0 Å². The minimum Gasteiger partial charge on any atom is -0.459 e. The van der Waals surface area contributed by atoms with Gasteiger partial charge in [0.25, 0.3) is 5.91 Å². The van der Waals surface area contributed by atoms with Crippen LogP contribution in [-0.4, -0.2) is 39.8 Å². The molecular formula is C20H27N3O3. The zero-order valence-electron chi connectivity index (χ0n) is 15.4. The lowest BCUT2D eigenvalue weighted by Gasteiger charge is -2.29. The van der Waals surface area contributed by atoms with E-state index in [1.54, 1.807) is 12.5 Å². The summed E-state index contributed by atoms with van der Waals surface area (Å²) in [7, 11) is 0. The summed E-state index contributed by atoms with van der Waals surface area (Å²) in [5, 5.41) is 4.38. The first-order valence-electron chi connectivity index (χ1n) is 9.66. The smallest absolute Gasteiger partial charge is 0.290 e. The molecule has 0 radical (unpaired) electrons. The van der Waals surface area contributed by atoms with Crippen LogP contribution in [-0.2, 0) is 17.8 Å². The number of rotatable bonds is 5. The fraction of sp³-hybridized carbons (Fsp3) is 0.600. The molecule has 0 bridgehead atoms. The Kier molecular flexibility index (Phi) is 5.11. The van der Waals surface area contributed by atoms with Crippen LogP contribution in [0.25, 0.3) is 0 Å². The molecule has 3 heterocycles. The summed E-state index contributed by atoms with van der Waals surface area (Å²) >= 11 is 0. The highest BCUT2D eigenvalue weighted by molar-refractivity contribution is 5.93. The van der Waals surface area contributed by atoms with Crippen molar-refractivity contribution in [3.8, 4) is 0 Å². The van der Waals surface area contributed by atoms with Crippen LogP contribution in [0.4, 0.5) is 0 Å². The SMILES string of the molecule is Cc1ccoc1C(=O)N1Cc2ccnn2CC[C@@H]1COCC1CCCC1. The van der Waals surface area contributed by atoms with Gasteiger partial charge in [-0.1, -0.05) is 12.8 Å². The van der Waals surface area contributed by atoms with Gasteiger partial charge in [0.05, 0.1) is 31.2 Å². The van der Waals surface area contributed by atoms with Gasteiger partial charge in [-0.2, -0.15) is 5.10 Å². The van der Waals surface area contributed by atoms with Crippen molar-refractivity contribution in [1.82, 2.24) is 14.7 Å². The molecule has 1 aliphatic heterocycles. The first-order valence-corrected chi connectivity index (χ1v) is 9.66. The molecule has 140 valence electrons. The minimum atomic E-state index is -0.0587. The summed E-state index contributed by atoms with van der Waals surface area (Å²) in [6, 6.07) is 3.85. The van der Waals surface area contributed by atoms with Gasteiger partial charge in [0.2, 0.25) is 0 Å². The summed E-state index contributed by atoms with van der Waals surface area (Å²) in [6.07, 6.45) is 9.40. The van der Waals surface area contributed by atoms with Crippen LogP contribution in [0.2, 0.25) is 0 Å². The predicted octanol–water partition coefficient (Wildman–Crippen LogP) is 3.41. The van der Waals surface area contributed by atoms with Crippen molar-refractivity contribution in [2.75, 3.05) is 13.2 Å². The van der Waals surface area contributed by atoms with E-state index in [1.807, 2.05) is 28.6 Å². The van der Waals surface area contributed by atoms with Crippen molar-refractivity contribution >= 4 is 5.91 Å². The van der Waals surface area contributed by atoms with Crippen LogP contribution in [0.1, 0.15) is 53.9 Å². The van der Waals surface area contributed by atoms with E-state index in [-0.39, 0.29) is 11.9 Å². The molecule has 0 unspecified atom stereocenters. The van der Waals surface area contributed by atoms with Crippen LogP contribution in [0.3, 0.4) is 0 Å². The largest absolute Gasteiger partial charge is 0.459 e. The van der Waals surface area contributed by atoms with Crippen molar-refractivity contribution in [1.29, 1.82) is 0 Å². The third-order valence-electron chi connectivity index (χ3n) is 5.71. The number of aromatic nitrogens is 2. The number of amides is 1. The molecule has 2 aromatic rings. The van der Waals surface area contributed by atoms with Crippen LogP contribution in [0, 0.1) is 12.8 Å². The first-order chi connectivity index (χ1) is 12.7. The average Bonchev–Trinajstić information content (AvgIpc) is 3.37. The van der Waals surface area contributed by atoms with Crippen LogP contribution in [0.5, 0.6) is 0 Å². The van der Waals surface area contributed by atoms with Crippen LogP contribution >= 0.6 is 0 Å². The van der Waals surface area contributed by atoms with Gasteiger partial charge >= 0.3 is 0 Å². The Balaban J connectivity index is 1.49. The molecule has 1 fully saturated rings. The number of carbonyl (C=O) groups excluding carboxylic acids is 1. The van der Waals surface area contributed by atoms with E-state index in [1.165, 1.54) is 25.7 Å². The number of nitrogens with zero attached hydrogens (tertiary/aromatic N) is 3. The standard InChI is InChI=1S/C20H27N3O3/c1-15-8-11-26-19(15)20(24)22-12-17-6-9-21-23(17)10-7-18(22)14-25-13-16-4-2-3-5-16/h6,8-9,11,16,18H,2-5,7,10,12-14H2,1H3/t18-/m1/s1. The maximum atomic E-state index is 13.1. The van der Waals surface area contributed by atoms with Gasteiger partial charge in [-0.25, -0.2) is 0 Å². The molecule has 0 spiro atoms. The van der Waals surface area contributed by atoms with Crippen molar-refractivity contribution in [2.45, 2.75) is 58.2 Å². The molecule has 1 aliphatic carbocycles. The molecule has 1 amide bonds. The van der Waals surface area contributed by atoms with Crippen molar-refractivity contribution in [3.05, 3.63) is 41.6 Å². The van der Waals surface area contributed by atoms with Gasteiger partial charge in [0, 0.05) is 24.9 Å². The first kappa shape index (κ1) is 17.3. The number of aryl methyl sites for hydroxylation is 2. The van der Waals surface area contributed by atoms with Crippen LogP contribution in [0.15, 0.2) is 29.0 Å². The second-order valence-corrected chi connectivity index (χ2v) is 7.54. The molecule has 6 heteroatoms. The zero-order valence-corrected chi connectivity index (χ0v) is 15.4. The summed E-state index contributed by atoms with van der Waals surface area (Å²) in [5.74, 6) is 1.06. The predicted molar refractivity (Wildman–Crippen MR) is 96.7 cm³/mol. The molecule has 1 saturated carbocycles. The van der Waals surface area contributed by atoms with E-state index in [9.17, 15) is 4.79 Å². The molecule has 1 atom stereocenters. The molecule has 0 N–H and O–H groups in total. The summed E-state index contributed by atoms with van der Waals surface area (Å²) in [5.41, 5.74) is 1.93. The Morgan fingerprint density at radius 1 is 1.27 bits per heavy atom. The van der Waals surface area contributed by atoms with E-state index in [0.29, 0.717) is 24.8 Å². The van der Waals surface area contributed by atoms with Gasteiger partial charge < -0.3 is 14.1 Å². The van der Waals surface area contributed by atoms with Crippen molar-refractivity contribution in [3.63, 3.8) is 0 Å². The van der Waals surface area contributed by atoms with Gasteiger partial charge in [0.15, 0.2) is 5.76 Å². The fourth-order valence-corrected chi connectivity index (χ4v) is 4.11. The molecule has 0 saturated heterocycles. The van der Waals surface area contributed by atoms with E-state index >= 15 is 0 Å².